The molecule has 1 saturated heterocycles. The van der Waals surface area contributed by atoms with E-state index in [1.807, 2.05) is 18.2 Å². The number of halogens is 1. The molecule has 0 amide bonds. The quantitative estimate of drug-likeness (QED) is 0.381. The zero-order chi connectivity index (χ0) is 14.5. The largest absolute Gasteiger partial charge is 0.409 e. The van der Waals surface area contributed by atoms with Gasteiger partial charge in [0.15, 0.2) is 5.84 Å². The lowest BCUT2D eigenvalue weighted by Gasteiger charge is -2.34. The predicted octanol–water partition coefficient (Wildman–Crippen LogP) is 3.56. The van der Waals surface area contributed by atoms with Crippen molar-refractivity contribution in [1.82, 2.24) is 0 Å². The van der Waals surface area contributed by atoms with Crippen LogP contribution >= 0.6 is 15.9 Å². The Morgan fingerprint density at radius 2 is 2.15 bits per heavy atom. The van der Waals surface area contributed by atoms with Gasteiger partial charge >= 0.3 is 0 Å². The highest BCUT2D eigenvalue weighted by atomic mass is 79.9. The molecule has 1 aliphatic rings. The minimum absolute atomic E-state index is 0.156. The zero-order valence-electron chi connectivity index (χ0n) is 11.8. The summed E-state index contributed by atoms with van der Waals surface area (Å²) in [7, 11) is 0. The number of nitrogens with zero attached hydrogens (tertiary/aromatic N) is 2. The van der Waals surface area contributed by atoms with Gasteiger partial charge in [0.1, 0.15) is 0 Å². The molecular weight excluding hydrogens is 318 g/mol. The first-order valence-corrected chi connectivity index (χ1v) is 7.98. The zero-order valence-corrected chi connectivity index (χ0v) is 13.4. The van der Waals surface area contributed by atoms with E-state index in [0.29, 0.717) is 0 Å². The maximum absolute atomic E-state index is 8.97. The van der Waals surface area contributed by atoms with Crippen molar-refractivity contribution in [3.63, 3.8) is 0 Å². The third kappa shape index (κ3) is 3.26. The Kier molecular flexibility index (Phi) is 5.29. The van der Waals surface area contributed by atoms with Gasteiger partial charge in [0.25, 0.3) is 0 Å². The SMILES string of the molecule is CCCC1CCN(c2cccc(Br)c2/C(N)=N/O)CC1. The molecule has 0 atom stereocenters. The van der Waals surface area contributed by atoms with Crippen molar-refractivity contribution in [1.29, 1.82) is 0 Å². The average Bonchev–Trinajstić information content (AvgIpc) is 2.47. The number of oxime groups is 1. The molecule has 1 aromatic rings. The summed E-state index contributed by atoms with van der Waals surface area (Å²) in [5, 5.41) is 12.1. The highest BCUT2D eigenvalue weighted by Gasteiger charge is 2.22. The lowest BCUT2D eigenvalue weighted by atomic mass is 9.92. The monoisotopic (exact) mass is 339 g/mol. The molecule has 1 aliphatic heterocycles. The van der Waals surface area contributed by atoms with Gasteiger partial charge in [-0.3, -0.25) is 0 Å². The summed E-state index contributed by atoms with van der Waals surface area (Å²) < 4.78 is 0.862. The molecule has 1 aromatic carbocycles. The maximum Gasteiger partial charge on any atom is 0.173 e. The van der Waals surface area contributed by atoms with E-state index >= 15 is 0 Å². The van der Waals surface area contributed by atoms with Crippen molar-refractivity contribution in [2.24, 2.45) is 16.8 Å². The summed E-state index contributed by atoms with van der Waals surface area (Å²) in [6, 6.07) is 5.95. The number of amidine groups is 1. The van der Waals surface area contributed by atoms with Crippen LogP contribution in [0, 0.1) is 5.92 Å². The van der Waals surface area contributed by atoms with E-state index in [-0.39, 0.29) is 5.84 Å². The van der Waals surface area contributed by atoms with Crippen LogP contribution in [0.2, 0.25) is 0 Å². The van der Waals surface area contributed by atoms with Crippen LogP contribution in [0.5, 0.6) is 0 Å². The highest BCUT2D eigenvalue weighted by molar-refractivity contribution is 9.10. The smallest absolute Gasteiger partial charge is 0.173 e. The molecule has 1 fully saturated rings. The third-order valence-electron chi connectivity index (χ3n) is 4.01. The number of hydrogen-bond acceptors (Lipinski definition) is 3. The van der Waals surface area contributed by atoms with Gasteiger partial charge < -0.3 is 15.8 Å². The summed E-state index contributed by atoms with van der Waals surface area (Å²) in [5.41, 5.74) is 7.65. The lowest BCUT2D eigenvalue weighted by Crippen LogP contribution is -2.35. The van der Waals surface area contributed by atoms with Gasteiger partial charge in [-0.25, -0.2) is 0 Å². The van der Waals surface area contributed by atoms with Gasteiger partial charge in [-0.05, 0) is 46.8 Å². The first-order chi connectivity index (χ1) is 9.67. The van der Waals surface area contributed by atoms with E-state index in [4.69, 9.17) is 10.9 Å². The van der Waals surface area contributed by atoms with Crippen LogP contribution in [-0.4, -0.2) is 24.1 Å². The van der Waals surface area contributed by atoms with Crippen LogP contribution in [0.3, 0.4) is 0 Å². The molecule has 0 aromatic heterocycles. The number of hydrogen-bond donors (Lipinski definition) is 2. The van der Waals surface area contributed by atoms with E-state index < -0.39 is 0 Å². The summed E-state index contributed by atoms with van der Waals surface area (Å²) in [5.74, 6) is 0.999. The van der Waals surface area contributed by atoms with Gasteiger partial charge in [0.2, 0.25) is 0 Å². The van der Waals surface area contributed by atoms with E-state index in [9.17, 15) is 0 Å². The van der Waals surface area contributed by atoms with Crippen molar-refractivity contribution in [3.05, 3.63) is 28.2 Å². The second kappa shape index (κ2) is 6.97. The van der Waals surface area contributed by atoms with Gasteiger partial charge in [0, 0.05) is 23.2 Å². The standard InChI is InChI=1S/C15H22BrN3O/c1-2-4-11-7-9-19(10-8-11)13-6-3-5-12(16)14(13)15(17)18-20/h3,5-6,11,20H,2,4,7-10H2,1H3,(H2,17,18). The fraction of sp³-hybridized carbons (Fsp3) is 0.533. The van der Waals surface area contributed by atoms with Crippen LogP contribution < -0.4 is 10.6 Å². The molecule has 20 heavy (non-hydrogen) atoms. The molecule has 3 N–H and O–H groups in total. The summed E-state index contributed by atoms with van der Waals surface area (Å²) in [4.78, 5) is 2.34. The Morgan fingerprint density at radius 3 is 2.75 bits per heavy atom. The Balaban J connectivity index is 2.20. The molecule has 0 saturated carbocycles. The second-order valence-electron chi connectivity index (χ2n) is 5.34. The molecule has 0 spiro atoms. The molecule has 1 heterocycles. The van der Waals surface area contributed by atoms with Crippen molar-refractivity contribution >= 4 is 27.5 Å². The van der Waals surface area contributed by atoms with Crippen LogP contribution in [0.25, 0.3) is 0 Å². The van der Waals surface area contributed by atoms with E-state index in [1.165, 1.54) is 25.7 Å². The Labute approximate surface area is 128 Å². The fourth-order valence-corrected chi connectivity index (χ4v) is 3.51. The van der Waals surface area contributed by atoms with Crippen molar-refractivity contribution < 1.29 is 5.21 Å². The Morgan fingerprint density at radius 1 is 1.45 bits per heavy atom. The summed E-state index contributed by atoms with van der Waals surface area (Å²) in [6.45, 7) is 4.32. The number of rotatable bonds is 4. The molecule has 0 bridgehead atoms. The maximum atomic E-state index is 8.97. The summed E-state index contributed by atoms with van der Waals surface area (Å²) >= 11 is 3.49. The number of anilines is 1. The highest BCUT2D eigenvalue weighted by Crippen LogP contribution is 2.31. The molecule has 2 rings (SSSR count). The Bertz CT molecular complexity index is 482. The van der Waals surface area contributed by atoms with Gasteiger partial charge in [-0.2, -0.15) is 0 Å². The first-order valence-electron chi connectivity index (χ1n) is 7.18. The fourth-order valence-electron chi connectivity index (χ4n) is 2.95. The number of benzene rings is 1. The van der Waals surface area contributed by atoms with Gasteiger partial charge in [0.05, 0.1) is 5.56 Å². The van der Waals surface area contributed by atoms with Crippen LogP contribution in [0.1, 0.15) is 38.2 Å². The van der Waals surface area contributed by atoms with Crippen LogP contribution in [-0.2, 0) is 0 Å². The number of nitrogens with two attached hydrogens (primary N) is 1. The molecule has 110 valence electrons. The minimum Gasteiger partial charge on any atom is -0.409 e. The van der Waals surface area contributed by atoms with Crippen molar-refractivity contribution in [3.8, 4) is 0 Å². The summed E-state index contributed by atoms with van der Waals surface area (Å²) in [6.07, 6.45) is 5.02. The third-order valence-corrected chi connectivity index (χ3v) is 4.67. The van der Waals surface area contributed by atoms with Gasteiger partial charge in [-0.1, -0.05) is 31.0 Å². The average molecular weight is 340 g/mol. The van der Waals surface area contributed by atoms with Gasteiger partial charge in [-0.15, -0.1) is 0 Å². The Hall–Kier alpha value is -1.23. The van der Waals surface area contributed by atoms with E-state index in [2.05, 4.69) is 32.9 Å². The second-order valence-corrected chi connectivity index (χ2v) is 6.19. The predicted molar refractivity (Wildman–Crippen MR) is 86.5 cm³/mol. The lowest BCUT2D eigenvalue weighted by molar-refractivity contribution is 0.318. The molecule has 0 unspecified atom stereocenters. The van der Waals surface area contributed by atoms with E-state index in [0.717, 1.165) is 34.7 Å². The van der Waals surface area contributed by atoms with Crippen LogP contribution in [0.4, 0.5) is 5.69 Å². The molecule has 4 nitrogen and oxygen atoms in total. The normalized spacial score (nSPS) is 17.5. The minimum atomic E-state index is 0.156. The first kappa shape index (κ1) is 15.2. The molecule has 0 radical (unpaired) electrons. The van der Waals surface area contributed by atoms with E-state index in [1.54, 1.807) is 0 Å². The molecule has 0 aliphatic carbocycles. The van der Waals surface area contributed by atoms with Crippen molar-refractivity contribution in [2.75, 3.05) is 18.0 Å². The number of piperidine rings is 1. The molecular formula is C15H22BrN3O. The topological polar surface area (TPSA) is 61.8 Å². The molecule has 5 heteroatoms. The van der Waals surface area contributed by atoms with Crippen LogP contribution in [0.15, 0.2) is 27.8 Å². The van der Waals surface area contributed by atoms with Crippen molar-refractivity contribution in [2.45, 2.75) is 32.6 Å².